The van der Waals surface area contributed by atoms with Gasteiger partial charge >= 0.3 is 11.7 Å². The fraction of sp³-hybridized carbons (Fsp3) is 0.600. The van der Waals surface area contributed by atoms with Crippen molar-refractivity contribution < 1.29 is 14.5 Å². The molecule has 22 heavy (non-hydrogen) atoms. The number of pyridine rings is 1. The third-order valence-electron chi connectivity index (χ3n) is 4.42. The lowest BCUT2D eigenvalue weighted by Gasteiger charge is -2.40. The van der Waals surface area contributed by atoms with E-state index in [1.54, 1.807) is 12.3 Å². The Kier molecular flexibility index (Phi) is 4.63. The molecule has 1 atom stereocenters. The number of hydrogen-bond acceptors (Lipinski definition) is 6. The van der Waals surface area contributed by atoms with Crippen molar-refractivity contribution >= 4 is 17.5 Å². The van der Waals surface area contributed by atoms with E-state index >= 15 is 0 Å². The van der Waals surface area contributed by atoms with Crippen LogP contribution < -0.4 is 4.90 Å². The van der Waals surface area contributed by atoms with Gasteiger partial charge in [0, 0.05) is 25.4 Å². The van der Waals surface area contributed by atoms with Crippen LogP contribution in [0.4, 0.5) is 11.5 Å². The molecule has 1 aliphatic heterocycles. The SMILES string of the molecule is COC(=O)C(C)(C)C1CCCN(c2ncccc2[N+](=O)[O-])C1. The quantitative estimate of drug-likeness (QED) is 0.482. The molecule has 1 aromatic heterocycles. The summed E-state index contributed by atoms with van der Waals surface area (Å²) in [6.45, 7) is 4.98. The molecule has 1 fully saturated rings. The van der Waals surface area contributed by atoms with Crippen molar-refractivity contribution in [2.24, 2.45) is 11.3 Å². The lowest BCUT2D eigenvalue weighted by atomic mass is 9.74. The van der Waals surface area contributed by atoms with E-state index in [0.29, 0.717) is 18.9 Å². The number of hydrogen-bond donors (Lipinski definition) is 0. The van der Waals surface area contributed by atoms with E-state index in [-0.39, 0.29) is 17.6 Å². The largest absolute Gasteiger partial charge is 0.469 e. The molecule has 0 aromatic carbocycles. The molecule has 2 heterocycles. The first-order valence-corrected chi connectivity index (χ1v) is 7.30. The second kappa shape index (κ2) is 6.29. The van der Waals surface area contributed by atoms with E-state index in [4.69, 9.17) is 4.74 Å². The summed E-state index contributed by atoms with van der Waals surface area (Å²) in [4.78, 5) is 28.8. The van der Waals surface area contributed by atoms with Crippen LogP contribution in [0.1, 0.15) is 26.7 Å². The zero-order valence-electron chi connectivity index (χ0n) is 13.1. The van der Waals surface area contributed by atoms with Crippen LogP contribution in [-0.2, 0) is 9.53 Å². The van der Waals surface area contributed by atoms with Crippen LogP contribution in [0.2, 0.25) is 0 Å². The summed E-state index contributed by atoms with van der Waals surface area (Å²) in [5.41, 5.74) is -0.629. The van der Waals surface area contributed by atoms with Gasteiger partial charge in [-0.25, -0.2) is 4.98 Å². The Bertz CT molecular complexity index is 574. The second-order valence-corrected chi connectivity index (χ2v) is 6.10. The maximum Gasteiger partial charge on any atom is 0.311 e. The predicted molar refractivity (Wildman–Crippen MR) is 81.6 cm³/mol. The summed E-state index contributed by atoms with van der Waals surface area (Å²) in [6.07, 6.45) is 3.30. The maximum absolute atomic E-state index is 12.0. The molecule has 0 amide bonds. The summed E-state index contributed by atoms with van der Waals surface area (Å²) in [7, 11) is 1.38. The molecule has 7 nitrogen and oxygen atoms in total. The Morgan fingerprint density at radius 3 is 2.91 bits per heavy atom. The van der Waals surface area contributed by atoms with Crippen LogP contribution in [0, 0.1) is 21.4 Å². The van der Waals surface area contributed by atoms with E-state index in [1.807, 2.05) is 18.7 Å². The Morgan fingerprint density at radius 2 is 2.27 bits per heavy atom. The number of nitrogens with zero attached hydrogens (tertiary/aromatic N) is 3. The molecule has 120 valence electrons. The number of carbonyl (C=O) groups excluding carboxylic acids is 1. The highest BCUT2D eigenvalue weighted by Crippen LogP contribution is 2.37. The highest BCUT2D eigenvalue weighted by molar-refractivity contribution is 5.76. The first-order chi connectivity index (χ1) is 10.4. The standard InChI is InChI=1S/C15H21N3O4/c1-15(2,14(19)22-3)11-6-5-9-17(10-11)13-12(18(20)21)7-4-8-16-13/h4,7-8,11H,5-6,9-10H2,1-3H3. The van der Waals surface area contributed by atoms with Gasteiger partial charge in [-0.1, -0.05) is 0 Å². The minimum atomic E-state index is -0.628. The number of piperidine rings is 1. The topological polar surface area (TPSA) is 85.6 Å². The minimum Gasteiger partial charge on any atom is -0.469 e. The van der Waals surface area contributed by atoms with Gasteiger partial charge < -0.3 is 9.64 Å². The average Bonchev–Trinajstić information content (AvgIpc) is 2.54. The fourth-order valence-electron chi connectivity index (χ4n) is 2.96. The van der Waals surface area contributed by atoms with Gasteiger partial charge in [0.05, 0.1) is 17.4 Å². The molecule has 0 aliphatic carbocycles. The van der Waals surface area contributed by atoms with E-state index < -0.39 is 10.3 Å². The Morgan fingerprint density at radius 1 is 1.55 bits per heavy atom. The molecular formula is C15H21N3O4. The van der Waals surface area contributed by atoms with Crippen LogP contribution in [0.5, 0.6) is 0 Å². The lowest BCUT2D eigenvalue weighted by molar-refractivity contribution is -0.384. The van der Waals surface area contributed by atoms with Gasteiger partial charge in [-0.05, 0) is 38.7 Å². The fourth-order valence-corrected chi connectivity index (χ4v) is 2.96. The van der Waals surface area contributed by atoms with E-state index in [9.17, 15) is 14.9 Å². The number of carbonyl (C=O) groups is 1. The lowest BCUT2D eigenvalue weighted by Crippen LogP contribution is -2.45. The minimum absolute atomic E-state index is 0.000904. The molecule has 0 saturated carbocycles. The third-order valence-corrected chi connectivity index (χ3v) is 4.42. The molecule has 2 rings (SSSR count). The zero-order chi connectivity index (χ0) is 16.3. The number of methoxy groups -OCH3 is 1. The average molecular weight is 307 g/mol. The van der Waals surface area contributed by atoms with Crippen LogP contribution in [0.25, 0.3) is 0 Å². The van der Waals surface area contributed by atoms with E-state index in [1.165, 1.54) is 13.2 Å². The van der Waals surface area contributed by atoms with Crippen molar-refractivity contribution in [3.05, 3.63) is 28.4 Å². The summed E-state index contributed by atoms with van der Waals surface area (Å²) in [6, 6.07) is 3.01. The van der Waals surface area contributed by atoms with Crippen molar-refractivity contribution in [2.75, 3.05) is 25.1 Å². The Labute approximate surface area is 129 Å². The molecule has 0 N–H and O–H groups in total. The summed E-state index contributed by atoms with van der Waals surface area (Å²) in [5.74, 6) is 0.183. The molecule has 1 saturated heterocycles. The normalized spacial score (nSPS) is 18.9. The highest BCUT2D eigenvalue weighted by Gasteiger charge is 2.41. The number of nitro groups is 1. The maximum atomic E-state index is 12.0. The molecule has 0 spiro atoms. The Balaban J connectivity index is 2.25. The van der Waals surface area contributed by atoms with E-state index in [2.05, 4.69) is 4.98 Å². The van der Waals surface area contributed by atoms with Crippen molar-refractivity contribution in [2.45, 2.75) is 26.7 Å². The van der Waals surface area contributed by atoms with E-state index in [0.717, 1.165) is 12.8 Å². The van der Waals surface area contributed by atoms with Crippen LogP contribution in [0.15, 0.2) is 18.3 Å². The van der Waals surface area contributed by atoms with Crippen LogP contribution in [0.3, 0.4) is 0 Å². The first-order valence-electron chi connectivity index (χ1n) is 7.30. The number of rotatable bonds is 4. The van der Waals surface area contributed by atoms with Gasteiger partial charge in [0.25, 0.3) is 0 Å². The Hall–Kier alpha value is -2.18. The number of anilines is 1. The molecule has 7 heteroatoms. The molecule has 0 radical (unpaired) electrons. The first kappa shape index (κ1) is 16.2. The summed E-state index contributed by atoms with van der Waals surface area (Å²) >= 11 is 0. The van der Waals surface area contributed by atoms with Crippen molar-refractivity contribution in [1.82, 2.24) is 4.98 Å². The molecule has 1 aromatic rings. The van der Waals surface area contributed by atoms with Gasteiger partial charge in [0.15, 0.2) is 0 Å². The van der Waals surface area contributed by atoms with Crippen LogP contribution in [-0.4, -0.2) is 36.1 Å². The molecule has 1 unspecified atom stereocenters. The molecular weight excluding hydrogens is 286 g/mol. The summed E-state index contributed by atoms with van der Waals surface area (Å²) in [5, 5.41) is 11.2. The monoisotopic (exact) mass is 307 g/mol. The van der Waals surface area contributed by atoms with Gasteiger partial charge in [-0.3, -0.25) is 14.9 Å². The predicted octanol–water partition coefficient (Wildman–Crippen LogP) is 2.41. The number of aromatic nitrogens is 1. The zero-order valence-corrected chi connectivity index (χ0v) is 13.1. The van der Waals surface area contributed by atoms with Crippen molar-refractivity contribution in [1.29, 1.82) is 0 Å². The number of esters is 1. The number of ether oxygens (including phenoxy) is 1. The summed E-state index contributed by atoms with van der Waals surface area (Å²) < 4.78 is 4.89. The second-order valence-electron chi connectivity index (χ2n) is 6.10. The van der Waals surface area contributed by atoms with Gasteiger partial charge in [-0.15, -0.1) is 0 Å². The highest BCUT2D eigenvalue weighted by atomic mass is 16.6. The third kappa shape index (κ3) is 3.03. The smallest absolute Gasteiger partial charge is 0.311 e. The van der Waals surface area contributed by atoms with Gasteiger partial charge in [-0.2, -0.15) is 0 Å². The molecule has 0 bridgehead atoms. The molecule has 1 aliphatic rings. The van der Waals surface area contributed by atoms with Gasteiger partial charge in [0.2, 0.25) is 5.82 Å². The van der Waals surface area contributed by atoms with Crippen molar-refractivity contribution in [3.63, 3.8) is 0 Å². The van der Waals surface area contributed by atoms with Crippen molar-refractivity contribution in [3.8, 4) is 0 Å². The van der Waals surface area contributed by atoms with Crippen LogP contribution >= 0.6 is 0 Å². The van der Waals surface area contributed by atoms with Gasteiger partial charge in [0.1, 0.15) is 0 Å².